The van der Waals surface area contributed by atoms with E-state index >= 15 is 0 Å². The minimum atomic E-state index is -5.72. The zero-order valence-electron chi connectivity index (χ0n) is 11.9. The summed E-state index contributed by atoms with van der Waals surface area (Å²) >= 11 is -2.23. The van der Waals surface area contributed by atoms with E-state index in [4.69, 9.17) is 0 Å². The van der Waals surface area contributed by atoms with Gasteiger partial charge in [0.25, 0.3) is 0 Å². The average Bonchev–Trinajstić information content (AvgIpc) is 3.05. The number of thiophene rings is 1. The Kier molecular flexibility index (Phi) is 5.88. The Morgan fingerprint density at radius 3 is 2.25 bits per heavy atom. The molecule has 0 saturated heterocycles. The molecule has 0 aliphatic heterocycles. The van der Waals surface area contributed by atoms with Gasteiger partial charge in [0.1, 0.15) is 0 Å². The van der Waals surface area contributed by atoms with E-state index in [9.17, 15) is 26.4 Å². The van der Waals surface area contributed by atoms with Crippen molar-refractivity contribution in [3.8, 4) is 0 Å². The standard InChI is InChI=1S/C13H10F3IO5S2/c1-21-12(18)9-4-6-10(7-5-9)17(11-3-2-8-23-11)22-24(19,20)13(14,15)16/h2-8H,1H3. The molecule has 0 bridgehead atoms. The van der Waals surface area contributed by atoms with Gasteiger partial charge in [0.15, 0.2) is 0 Å². The van der Waals surface area contributed by atoms with E-state index in [2.05, 4.69) is 7.25 Å². The van der Waals surface area contributed by atoms with Crippen molar-refractivity contribution in [1.82, 2.24) is 0 Å². The third kappa shape index (κ3) is 4.26. The molecule has 1 heterocycles. The number of carbonyl (C=O) groups excluding carboxylic acids is 1. The minimum absolute atomic E-state index is 0.196. The van der Waals surface area contributed by atoms with Crippen LogP contribution in [-0.2, 0) is 17.4 Å². The first-order chi connectivity index (χ1) is 11.2. The van der Waals surface area contributed by atoms with Crippen molar-refractivity contribution < 1.29 is 33.6 Å². The normalized spacial score (nSPS) is 12.8. The molecule has 0 radical (unpaired) electrons. The fourth-order valence-corrected chi connectivity index (χ4v) is 9.96. The predicted molar refractivity (Wildman–Crippen MR) is 89.6 cm³/mol. The summed E-state index contributed by atoms with van der Waals surface area (Å²) in [5.41, 5.74) is -5.30. The molecule has 0 fully saturated rings. The van der Waals surface area contributed by atoms with Crippen LogP contribution in [0.3, 0.4) is 0 Å². The van der Waals surface area contributed by atoms with Crippen molar-refractivity contribution in [2.75, 3.05) is 7.11 Å². The van der Waals surface area contributed by atoms with Crippen molar-refractivity contribution in [3.05, 3.63) is 53.8 Å². The molecule has 0 N–H and O–H groups in total. The second-order valence-corrected chi connectivity index (χ2v) is 12.2. The third-order valence-corrected chi connectivity index (χ3v) is 11.4. The van der Waals surface area contributed by atoms with Gasteiger partial charge in [-0.3, -0.25) is 0 Å². The Morgan fingerprint density at radius 2 is 1.79 bits per heavy atom. The Bertz CT molecular complexity index is 801. The van der Waals surface area contributed by atoms with Gasteiger partial charge in [-0.05, 0) is 0 Å². The summed E-state index contributed by atoms with van der Waals surface area (Å²) in [6.45, 7) is 0. The van der Waals surface area contributed by atoms with Crippen LogP contribution in [0.5, 0.6) is 0 Å². The number of esters is 1. The van der Waals surface area contributed by atoms with E-state index < -0.39 is 41.8 Å². The summed E-state index contributed by atoms with van der Waals surface area (Å²) in [7, 11) is -4.52. The molecule has 0 spiro atoms. The molecule has 0 saturated carbocycles. The van der Waals surface area contributed by atoms with Crippen molar-refractivity contribution in [1.29, 1.82) is 0 Å². The number of rotatable bonds is 5. The van der Waals surface area contributed by atoms with Gasteiger partial charge < -0.3 is 0 Å². The van der Waals surface area contributed by atoms with E-state index in [1.807, 2.05) is 0 Å². The van der Waals surface area contributed by atoms with E-state index in [0.717, 1.165) is 11.3 Å². The van der Waals surface area contributed by atoms with Crippen LogP contribution in [0.25, 0.3) is 0 Å². The van der Waals surface area contributed by atoms with Gasteiger partial charge in [0.05, 0.1) is 0 Å². The molecule has 24 heavy (non-hydrogen) atoms. The Morgan fingerprint density at radius 1 is 1.17 bits per heavy atom. The zero-order chi connectivity index (χ0) is 18.0. The fraction of sp³-hybridized carbons (Fsp3) is 0.154. The SMILES string of the molecule is COC(=O)c1ccc(I(OS(=O)(=O)C(F)(F)F)c2cccs2)cc1. The summed E-state index contributed by atoms with van der Waals surface area (Å²) in [4.78, 5) is 11.4. The molecule has 0 aliphatic carbocycles. The average molecular weight is 494 g/mol. The molecule has 132 valence electrons. The van der Waals surface area contributed by atoms with E-state index in [-0.39, 0.29) is 5.56 Å². The molecule has 5 nitrogen and oxygen atoms in total. The molecule has 11 heteroatoms. The number of hydrogen-bond acceptors (Lipinski definition) is 6. The number of halogens is 4. The van der Waals surface area contributed by atoms with Gasteiger partial charge in [-0.2, -0.15) is 0 Å². The number of carbonyl (C=O) groups is 1. The molecule has 2 aromatic rings. The summed E-state index contributed by atoms with van der Waals surface area (Å²) in [6.07, 6.45) is 0. The number of ether oxygens (including phenoxy) is 1. The second-order valence-electron chi connectivity index (χ2n) is 4.13. The number of alkyl halides is 3. The van der Waals surface area contributed by atoms with Crippen molar-refractivity contribution in [2.24, 2.45) is 0 Å². The molecule has 0 unspecified atom stereocenters. The van der Waals surface area contributed by atoms with Crippen molar-refractivity contribution in [3.63, 3.8) is 0 Å². The van der Waals surface area contributed by atoms with Gasteiger partial charge in [-0.1, -0.05) is 0 Å². The Labute approximate surface area is 147 Å². The van der Waals surface area contributed by atoms with Crippen LogP contribution < -0.4 is 0 Å². The van der Waals surface area contributed by atoms with Crippen LogP contribution >= 0.6 is 31.6 Å². The monoisotopic (exact) mass is 494 g/mol. The maximum absolute atomic E-state index is 12.6. The molecule has 1 aromatic carbocycles. The third-order valence-electron chi connectivity index (χ3n) is 2.55. The van der Waals surface area contributed by atoms with Crippen LogP contribution in [0, 0.1) is 6.45 Å². The molecular formula is C13H10F3IO5S2. The van der Waals surface area contributed by atoms with Gasteiger partial charge in [-0.25, -0.2) is 0 Å². The van der Waals surface area contributed by atoms with Crippen LogP contribution in [-0.4, -0.2) is 27.0 Å². The van der Waals surface area contributed by atoms with Crippen LogP contribution in [0.15, 0.2) is 41.8 Å². The topological polar surface area (TPSA) is 69.7 Å². The second kappa shape index (κ2) is 7.37. The summed E-state index contributed by atoms with van der Waals surface area (Å²) < 4.78 is 70.4. The van der Waals surface area contributed by atoms with E-state index in [0.29, 0.717) is 6.45 Å². The molecule has 2 rings (SSSR count). The maximum atomic E-state index is 12.6. The number of hydrogen-bond donors (Lipinski definition) is 0. The molecule has 0 aliphatic rings. The van der Waals surface area contributed by atoms with E-state index in [1.165, 1.54) is 37.4 Å². The van der Waals surface area contributed by atoms with Gasteiger partial charge >= 0.3 is 148 Å². The predicted octanol–water partition coefficient (Wildman–Crippen LogP) is 3.86. The Hall–Kier alpha value is -1.18. The van der Waals surface area contributed by atoms with Gasteiger partial charge in [0.2, 0.25) is 0 Å². The molecule has 0 atom stereocenters. The molecule has 0 amide bonds. The number of benzene rings is 1. The van der Waals surface area contributed by atoms with Crippen LogP contribution in [0.1, 0.15) is 10.4 Å². The summed E-state index contributed by atoms with van der Waals surface area (Å²) in [6, 6.07) is 8.57. The Balaban J connectivity index is 2.40. The van der Waals surface area contributed by atoms with Crippen LogP contribution in [0.4, 0.5) is 13.2 Å². The fourth-order valence-electron chi connectivity index (χ4n) is 1.47. The van der Waals surface area contributed by atoms with Crippen LogP contribution in [0.2, 0.25) is 0 Å². The summed E-state index contributed by atoms with van der Waals surface area (Å²) in [5.74, 6) is -0.609. The number of methoxy groups -OCH3 is 1. The summed E-state index contributed by atoms with van der Waals surface area (Å²) in [5, 5.41) is 1.62. The van der Waals surface area contributed by atoms with Gasteiger partial charge in [-0.15, -0.1) is 0 Å². The molecular weight excluding hydrogens is 484 g/mol. The first kappa shape index (κ1) is 19.1. The van der Waals surface area contributed by atoms with E-state index in [1.54, 1.807) is 11.4 Å². The quantitative estimate of drug-likeness (QED) is 0.359. The van der Waals surface area contributed by atoms with Gasteiger partial charge in [0, 0.05) is 0 Å². The zero-order valence-corrected chi connectivity index (χ0v) is 15.7. The van der Waals surface area contributed by atoms with Crippen molar-refractivity contribution >= 4 is 47.7 Å². The first-order valence-corrected chi connectivity index (χ1v) is 11.4. The molecule has 1 aromatic heterocycles. The van der Waals surface area contributed by atoms with Crippen molar-refractivity contribution in [2.45, 2.75) is 5.51 Å². The first-order valence-electron chi connectivity index (χ1n) is 6.09.